The lowest BCUT2D eigenvalue weighted by atomic mass is 9.34. The number of Topliss-reactive ketones (excluding diaryl/α,β-unsaturated/α-hetero) is 2. The molecule has 9 heteroatoms. The van der Waals surface area contributed by atoms with E-state index >= 15 is 9.59 Å². The van der Waals surface area contributed by atoms with Gasteiger partial charge in [-0.25, -0.2) is 0 Å². The van der Waals surface area contributed by atoms with Crippen molar-refractivity contribution in [1.29, 1.82) is 0 Å². The molecule has 7 aliphatic carbocycles. The lowest BCUT2D eigenvalue weighted by Gasteiger charge is -2.71. The molecule has 0 unspecified atom stereocenters. The van der Waals surface area contributed by atoms with Crippen molar-refractivity contribution in [2.75, 3.05) is 19.3 Å². The molecule has 2 saturated heterocycles. The average Bonchev–Trinajstić information content (AvgIpc) is 3.61. The Bertz CT molecular complexity index is 2420. The first-order valence-corrected chi connectivity index (χ1v) is 28.2. The van der Waals surface area contributed by atoms with Gasteiger partial charge in [-0.1, -0.05) is 90.0 Å². The Morgan fingerprint density at radius 2 is 1.66 bits per heavy atom. The van der Waals surface area contributed by atoms with Crippen molar-refractivity contribution in [3.8, 4) is 5.75 Å². The van der Waals surface area contributed by atoms with Crippen molar-refractivity contribution < 1.29 is 29.6 Å². The molecule has 2 aromatic rings. The zero-order chi connectivity index (χ0) is 49.3. The number of aliphatic hydroxyl groups excluding tert-OH is 1. The van der Waals surface area contributed by atoms with Crippen molar-refractivity contribution >= 4 is 17.3 Å². The number of nitrogen functional groups attached to an aromatic ring is 1. The smallest absolute Gasteiger partial charge is 0.160 e. The van der Waals surface area contributed by atoms with Crippen LogP contribution in [0.15, 0.2) is 53.6 Å². The molecule has 0 radical (unpaired) electrons. The maximum Gasteiger partial charge on any atom is 0.160 e. The number of nitrogens with two attached hydrogens (primary N) is 1. The lowest BCUT2D eigenvalue weighted by molar-refractivity contribution is -0.199. The van der Waals surface area contributed by atoms with E-state index < -0.39 is 28.1 Å². The van der Waals surface area contributed by atoms with Crippen LogP contribution in [0.2, 0.25) is 0 Å². The molecule has 9 aliphatic rings. The SMILES string of the molecule is CNCc1cc(O)cc([C@H]2C[C@]3(C)[C@H]4[C@H](C[C@@]5(C)[C@@H]3CCC3=C([C@@H]6[C@H]7CCCC[C@H]7CC[C@H]6[C@@H](O)[C@H]6O[C@]6(C)[C@@H]6CCC[C@H]6c6cccc(N)c6)C(=O)C[C@@]35C)NC[C@](C)(O)CCCC[C@@]4(C)C2=O)c1. The number of aliphatic hydroxyl groups is 2. The summed E-state index contributed by atoms with van der Waals surface area (Å²) in [7, 11) is 1.91. The third kappa shape index (κ3) is 7.59. The van der Waals surface area contributed by atoms with Gasteiger partial charge in [-0.2, -0.15) is 0 Å². The van der Waals surface area contributed by atoms with Gasteiger partial charge >= 0.3 is 0 Å². The zero-order valence-corrected chi connectivity index (χ0v) is 43.8. The van der Waals surface area contributed by atoms with Gasteiger partial charge in [0.2, 0.25) is 0 Å². The number of epoxide rings is 1. The standard InChI is InChI=1S/C61H87N3O6/c1-56(69)24-10-11-25-57(2)53-47(64-34-56)31-60(5)49(58(53,3)30-44(54(57)68)38-26-35(33-63-7)27-40(65)29-38)23-22-46-51(48(66)32-59(46,60)4)50-42-17-9-8-14-36(42)20-21-43(50)52(67)55-61(6,70-55)45-19-13-18-41(45)37-15-12-16-39(62)28-37/h12,15-16,26-29,36,41-45,47,49-50,52-53,55,63-65,67,69H,8-11,13-14,17-25,30-34,62H2,1-7H3/t36-,41-,42-,43+,44+,45+,47-,49+,50+,52+,53-,55+,56+,57+,58-,59-,60-,61+/m0/s1. The lowest BCUT2D eigenvalue weighted by Crippen LogP contribution is -2.70. The number of hydrogen-bond acceptors (Lipinski definition) is 9. The van der Waals surface area contributed by atoms with Gasteiger partial charge in [-0.15, -0.1) is 0 Å². The molecule has 8 fully saturated rings. The summed E-state index contributed by atoms with van der Waals surface area (Å²) in [6.45, 7) is 15.1. The second-order valence-corrected chi connectivity index (χ2v) is 26.7. The first kappa shape index (κ1) is 49.1. The Morgan fingerprint density at radius 3 is 2.44 bits per heavy atom. The van der Waals surface area contributed by atoms with Crippen LogP contribution in [0, 0.1) is 63.1 Å². The second-order valence-electron chi connectivity index (χ2n) is 26.7. The van der Waals surface area contributed by atoms with E-state index in [1.165, 1.54) is 30.4 Å². The van der Waals surface area contributed by atoms with Crippen molar-refractivity contribution in [1.82, 2.24) is 10.6 Å². The van der Waals surface area contributed by atoms with Crippen LogP contribution in [0.3, 0.4) is 0 Å². The molecule has 2 aromatic carbocycles. The molecular weight excluding hydrogens is 871 g/mol. The molecule has 6 saturated carbocycles. The third-order valence-corrected chi connectivity index (χ3v) is 22.8. The monoisotopic (exact) mass is 958 g/mol. The van der Waals surface area contributed by atoms with E-state index in [0.29, 0.717) is 67.6 Å². The molecule has 18 atom stereocenters. The van der Waals surface area contributed by atoms with Gasteiger partial charge in [0.1, 0.15) is 17.6 Å². The quantitative estimate of drug-likeness (QED) is 0.112. The van der Waals surface area contributed by atoms with E-state index in [1.807, 2.05) is 32.2 Å². The van der Waals surface area contributed by atoms with Crippen LogP contribution in [0.25, 0.3) is 0 Å². The molecule has 2 aliphatic heterocycles. The Kier molecular flexibility index (Phi) is 12.3. The summed E-state index contributed by atoms with van der Waals surface area (Å²) in [6, 6.07) is 14.2. The molecule has 7 N–H and O–H groups in total. The maximum atomic E-state index is 15.6. The predicted molar refractivity (Wildman–Crippen MR) is 276 cm³/mol. The van der Waals surface area contributed by atoms with Crippen molar-refractivity contribution in [2.45, 2.75) is 205 Å². The van der Waals surface area contributed by atoms with E-state index in [1.54, 1.807) is 0 Å². The van der Waals surface area contributed by atoms with E-state index in [4.69, 9.17) is 10.5 Å². The minimum atomic E-state index is -0.866. The molecule has 11 rings (SSSR count). The number of carbonyl (C=O) groups is 2. The largest absolute Gasteiger partial charge is 0.508 e. The van der Waals surface area contributed by atoms with Gasteiger partial charge in [-0.05, 0) is 196 Å². The molecule has 70 heavy (non-hydrogen) atoms. The fourth-order valence-electron chi connectivity index (χ4n) is 19.7. The van der Waals surface area contributed by atoms with Crippen LogP contribution in [0.1, 0.15) is 186 Å². The Labute approximate surface area is 419 Å². The van der Waals surface area contributed by atoms with Crippen LogP contribution in [-0.2, 0) is 20.9 Å². The highest BCUT2D eigenvalue weighted by Crippen LogP contribution is 2.76. The maximum absolute atomic E-state index is 15.6. The van der Waals surface area contributed by atoms with Gasteiger partial charge in [0, 0.05) is 48.0 Å². The van der Waals surface area contributed by atoms with E-state index in [9.17, 15) is 15.3 Å². The molecule has 0 amide bonds. The molecule has 9 nitrogen and oxygen atoms in total. The number of nitrogens with one attached hydrogen (secondary N) is 2. The third-order valence-electron chi connectivity index (χ3n) is 22.8. The van der Waals surface area contributed by atoms with Gasteiger partial charge < -0.3 is 36.4 Å². The highest BCUT2D eigenvalue weighted by molar-refractivity contribution is 6.01. The summed E-state index contributed by atoms with van der Waals surface area (Å²) < 4.78 is 6.86. The number of hydrogen-bond donors (Lipinski definition) is 6. The summed E-state index contributed by atoms with van der Waals surface area (Å²) in [5.74, 6) is 2.35. The highest BCUT2D eigenvalue weighted by Gasteiger charge is 2.73. The number of ketones is 2. The molecule has 382 valence electrons. The minimum absolute atomic E-state index is 0.0200. The van der Waals surface area contributed by atoms with Gasteiger partial charge in [0.25, 0.3) is 0 Å². The number of phenolic OH excluding ortho intramolecular Hbond substituents is 1. The number of fused-ring (bicyclic) bond motifs is 5. The van der Waals surface area contributed by atoms with Crippen LogP contribution in [-0.4, -0.2) is 69.9 Å². The van der Waals surface area contributed by atoms with E-state index in [-0.39, 0.29) is 58.3 Å². The number of carbonyl (C=O) groups excluding carboxylic acids is 2. The number of rotatable bonds is 8. The van der Waals surface area contributed by atoms with E-state index in [2.05, 4.69) is 69.5 Å². The highest BCUT2D eigenvalue weighted by atomic mass is 16.6. The second kappa shape index (κ2) is 17.5. The fourth-order valence-corrected chi connectivity index (χ4v) is 19.7. The van der Waals surface area contributed by atoms with Crippen LogP contribution in [0.5, 0.6) is 5.75 Å². The van der Waals surface area contributed by atoms with E-state index in [0.717, 1.165) is 99.4 Å². The van der Waals surface area contributed by atoms with Gasteiger partial charge in [-0.3, -0.25) is 9.59 Å². The van der Waals surface area contributed by atoms with Crippen molar-refractivity contribution in [3.05, 3.63) is 70.3 Å². The number of allylic oxidation sites excluding steroid dienone is 2. The number of ether oxygens (including phenoxy) is 1. The average molecular weight is 958 g/mol. The predicted octanol–water partition coefficient (Wildman–Crippen LogP) is 10.7. The molecule has 0 bridgehead atoms. The summed E-state index contributed by atoms with van der Waals surface area (Å²) >= 11 is 0. The number of phenols is 1. The molecule has 0 aromatic heterocycles. The fraction of sp³-hybridized carbons (Fsp3) is 0.738. The van der Waals surface area contributed by atoms with Crippen molar-refractivity contribution in [3.63, 3.8) is 0 Å². The van der Waals surface area contributed by atoms with Gasteiger partial charge in [0.05, 0.1) is 17.3 Å². The number of aromatic hydroxyl groups is 1. The summed E-state index contributed by atoms with van der Waals surface area (Å²) in [5.41, 5.74) is 9.90. The molecule has 2 heterocycles. The topological polar surface area (TPSA) is 157 Å². The zero-order valence-electron chi connectivity index (χ0n) is 43.8. The van der Waals surface area contributed by atoms with Crippen LogP contribution >= 0.6 is 0 Å². The number of anilines is 1. The first-order valence-electron chi connectivity index (χ1n) is 28.2. The Balaban J connectivity index is 0.982. The first-order chi connectivity index (χ1) is 33.3. The summed E-state index contributed by atoms with van der Waals surface area (Å²) in [4.78, 5) is 31.2. The number of β-amino-alcohol motifs (C(OH)–C–C–N with tert-alkyl or cyclic N) is 1. The Morgan fingerprint density at radius 1 is 0.871 bits per heavy atom. The van der Waals surface area contributed by atoms with Crippen molar-refractivity contribution in [2.24, 2.45) is 63.1 Å². The van der Waals surface area contributed by atoms with Gasteiger partial charge in [0.15, 0.2) is 5.78 Å². The van der Waals surface area contributed by atoms with Crippen LogP contribution < -0.4 is 16.4 Å². The summed E-state index contributed by atoms with van der Waals surface area (Å²) in [6.07, 6.45) is 16.3. The normalized spacial score (nSPS) is 46.4. The molecule has 0 spiro atoms. The van der Waals surface area contributed by atoms with Crippen LogP contribution in [0.4, 0.5) is 5.69 Å². The number of benzene rings is 2. The Hall–Kier alpha value is -3.08. The summed E-state index contributed by atoms with van der Waals surface area (Å²) in [5, 5.41) is 43.2. The minimum Gasteiger partial charge on any atom is -0.508 e. The molecular formula is C61H87N3O6.